The molecule has 9 heteroatoms. The average Bonchev–Trinajstić information content (AvgIpc) is 2.29. The van der Waals surface area contributed by atoms with Gasteiger partial charge in [-0.15, -0.1) is 0 Å². The number of aromatic nitrogens is 2. The molecule has 1 N–H and O–H groups in total. The molecule has 0 saturated carbocycles. The fourth-order valence-electron chi connectivity index (χ4n) is 0.767. The maximum atomic E-state index is 12.0. The lowest BCUT2D eigenvalue weighted by Crippen LogP contribution is -2.04. The number of hydrogen-bond donors (Lipinski definition) is 1. The van der Waals surface area contributed by atoms with Gasteiger partial charge < -0.3 is 0 Å². The fraction of sp³-hybridized carbons (Fsp3) is 0.400. The molecule has 1 aromatic heterocycles. The van der Waals surface area contributed by atoms with E-state index >= 15 is 0 Å². The second-order valence-corrected chi connectivity index (χ2v) is 5.24. The molecule has 0 unspecified atom stereocenters. The van der Waals surface area contributed by atoms with Crippen molar-refractivity contribution in [1.82, 2.24) is 10.2 Å². The normalized spacial score (nSPS) is 13.1. The summed E-state index contributed by atoms with van der Waals surface area (Å²) in [5.41, 5.74) is -1.37. The SMILES string of the molecule is O=S(=O)(Cl)Cc1cc(C(F)(F)F)n[nH]1. The van der Waals surface area contributed by atoms with Crippen LogP contribution in [0.15, 0.2) is 6.07 Å². The van der Waals surface area contributed by atoms with E-state index in [-0.39, 0.29) is 5.69 Å². The van der Waals surface area contributed by atoms with E-state index < -0.39 is 26.7 Å². The van der Waals surface area contributed by atoms with Crippen LogP contribution in [0.5, 0.6) is 0 Å². The Balaban J connectivity index is 2.90. The minimum atomic E-state index is -4.59. The second kappa shape index (κ2) is 3.43. The maximum absolute atomic E-state index is 12.0. The molecular weight excluding hydrogens is 245 g/mol. The van der Waals surface area contributed by atoms with E-state index in [1.165, 1.54) is 0 Å². The van der Waals surface area contributed by atoms with Crippen LogP contribution in [0.2, 0.25) is 0 Å². The third kappa shape index (κ3) is 3.18. The molecule has 1 heterocycles. The van der Waals surface area contributed by atoms with Crippen molar-refractivity contribution < 1.29 is 21.6 Å². The predicted molar refractivity (Wildman–Crippen MR) is 42.1 cm³/mol. The van der Waals surface area contributed by atoms with Gasteiger partial charge in [-0.2, -0.15) is 18.3 Å². The van der Waals surface area contributed by atoms with Gasteiger partial charge in [-0.3, -0.25) is 5.10 Å². The number of nitrogens with one attached hydrogen (secondary N) is 1. The Morgan fingerprint density at radius 2 is 2.07 bits per heavy atom. The van der Waals surface area contributed by atoms with Crippen molar-refractivity contribution in [1.29, 1.82) is 0 Å². The Morgan fingerprint density at radius 3 is 2.43 bits per heavy atom. The maximum Gasteiger partial charge on any atom is 0.435 e. The third-order valence-electron chi connectivity index (χ3n) is 1.25. The van der Waals surface area contributed by atoms with Crippen molar-refractivity contribution in [3.8, 4) is 0 Å². The third-order valence-corrected chi connectivity index (χ3v) is 2.23. The molecule has 0 saturated heterocycles. The average molecular weight is 249 g/mol. The van der Waals surface area contributed by atoms with Crippen LogP contribution in [0, 0.1) is 0 Å². The summed E-state index contributed by atoms with van der Waals surface area (Å²) >= 11 is 0. The summed E-state index contributed by atoms with van der Waals surface area (Å²) in [5.74, 6) is -0.711. The number of hydrogen-bond acceptors (Lipinski definition) is 3. The first-order valence-electron chi connectivity index (χ1n) is 3.22. The molecule has 80 valence electrons. The summed E-state index contributed by atoms with van der Waals surface area (Å²) in [6.07, 6.45) is -4.59. The predicted octanol–water partition coefficient (Wildman–Crippen LogP) is 1.50. The molecule has 0 fully saturated rings. The molecule has 0 spiro atoms. The van der Waals surface area contributed by atoms with Crippen molar-refractivity contribution >= 4 is 19.7 Å². The van der Waals surface area contributed by atoms with Gasteiger partial charge in [0.05, 0.1) is 5.69 Å². The minimum Gasteiger partial charge on any atom is -0.281 e. The van der Waals surface area contributed by atoms with E-state index in [4.69, 9.17) is 10.7 Å². The number of aromatic amines is 1. The Morgan fingerprint density at radius 1 is 1.50 bits per heavy atom. The van der Waals surface area contributed by atoms with Gasteiger partial charge >= 0.3 is 6.18 Å². The number of halogens is 4. The Kier molecular flexibility index (Phi) is 2.77. The van der Waals surface area contributed by atoms with Crippen LogP contribution in [0.25, 0.3) is 0 Å². The summed E-state index contributed by atoms with van der Waals surface area (Å²) in [5, 5.41) is 4.83. The molecule has 0 atom stereocenters. The summed E-state index contributed by atoms with van der Waals surface area (Å²) in [6.45, 7) is 0. The van der Waals surface area contributed by atoms with Gasteiger partial charge in [0.1, 0.15) is 5.75 Å². The van der Waals surface area contributed by atoms with E-state index in [1.807, 2.05) is 5.10 Å². The van der Waals surface area contributed by atoms with Crippen LogP contribution in [-0.2, 0) is 21.0 Å². The Labute approximate surface area is 81.5 Å². The lowest BCUT2D eigenvalue weighted by atomic mass is 10.4. The highest BCUT2D eigenvalue weighted by Crippen LogP contribution is 2.28. The molecule has 1 aromatic rings. The highest BCUT2D eigenvalue weighted by Gasteiger charge is 2.34. The molecule has 14 heavy (non-hydrogen) atoms. The quantitative estimate of drug-likeness (QED) is 0.807. The van der Waals surface area contributed by atoms with Crippen LogP contribution < -0.4 is 0 Å². The molecule has 4 nitrogen and oxygen atoms in total. The minimum absolute atomic E-state index is 0.202. The molecular formula is C5H4ClF3N2O2S. The summed E-state index contributed by atoms with van der Waals surface area (Å²) in [7, 11) is 0.959. The van der Waals surface area contributed by atoms with E-state index in [9.17, 15) is 21.6 Å². The van der Waals surface area contributed by atoms with Gasteiger partial charge in [-0.05, 0) is 6.07 Å². The van der Waals surface area contributed by atoms with Crippen LogP contribution in [0.3, 0.4) is 0 Å². The van der Waals surface area contributed by atoms with Crippen LogP contribution in [0.4, 0.5) is 13.2 Å². The van der Waals surface area contributed by atoms with Gasteiger partial charge in [-0.1, -0.05) is 0 Å². The summed E-state index contributed by atoms with van der Waals surface area (Å²) < 4.78 is 56.9. The number of H-pyrrole nitrogens is 1. The molecule has 0 amide bonds. The van der Waals surface area contributed by atoms with Crippen molar-refractivity contribution in [2.24, 2.45) is 0 Å². The molecule has 0 aliphatic rings. The van der Waals surface area contributed by atoms with Crippen LogP contribution in [0.1, 0.15) is 11.4 Å². The molecule has 0 radical (unpaired) electrons. The highest BCUT2D eigenvalue weighted by atomic mass is 35.7. The molecule has 0 aliphatic heterocycles. The van der Waals surface area contributed by atoms with Crippen molar-refractivity contribution in [2.75, 3.05) is 0 Å². The number of alkyl halides is 3. The fourth-order valence-corrected chi connectivity index (χ4v) is 1.64. The van der Waals surface area contributed by atoms with Gasteiger partial charge in [0.25, 0.3) is 0 Å². The first-order chi connectivity index (χ1) is 6.18. The first kappa shape index (κ1) is 11.3. The lowest BCUT2D eigenvalue weighted by molar-refractivity contribution is -0.141. The summed E-state index contributed by atoms with van der Waals surface area (Å²) in [6, 6.07) is 0.597. The zero-order valence-corrected chi connectivity index (χ0v) is 8.04. The van der Waals surface area contributed by atoms with Gasteiger partial charge in [0.2, 0.25) is 9.05 Å². The van der Waals surface area contributed by atoms with Gasteiger partial charge in [0.15, 0.2) is 5.69 Å². The van der Waals surface area contributed by atoms with Crippen molar-refractivity contribution in [3.63, 3.8) is 0 Å². The first-order valence-corrected chi connectivity index (χ1v) is 5.70. The zero-order chi connectivity index (χ0) is 11.0. The molecule has 1 rings (SSSR count). The summed E-state index contributed by atoms with van der Waals surface area (Å²) in [4.78, 5) is 0. The molecule has 0 bridgehead atoms. The standard InChI is InChI=1S/C5H4ClF3N2O2S/c6-14(12,13)2-3-1-4(11-10-3)5(7,8)9/h1H,2H2,(H,10,11). The smallest absolute Gasteiger partial charge is 0.281 e. The largest absolute Gasteiger partial charge is 0.435 e. The Hall–Kier alpha value is -0.760. The number of nitrogens with zero attached hydrogens (tertiary/aromatic N) is 1. The van der Waals surface area contributed by atoms with E-state index in [0.29, 0.717) is 6.07 Å². The van der Waals surface area contributed by atoms with Crippen molar-refractivity contribution in [3.05, 3.63) is 17.5 Å². The zero-order valence-electron chi connectivity index (χ0n) is 6.47. The highest BCUT2D eigenvalue weighted by molar-refractivity contribution is 8.13. The Bertz CT molecular complexity index is 424. The van der Waals surface area contributed by atoms with E-state index in [2.05, 4.69) is 5.10 Å². The topological polar surface area (TPSA) is 62.8 Å². The number of rotatable bonds is 2. The van der Waals surface area contributed by atoms with E-state index in [1.54, 1.807) is 0 Å². The van der Waals surface area contributed by atoms with Gasteiger partial charge in [-0.25, -0.2) is 8.42 Å². The van der Waals surface area contributed by atoms with Crippen molar-refractivity contribution in [2.45, 2.75) is 11.9 Å². The van der Waals surface area contributed by atoms with Crippen LogP contribution in [-0.4, -0.2) is 18.6 Å². The second-order valence-electron chi connectivity index (χ2n) is 2.46. The molecule has 0 aliphatic carbocycles. The molecule has 0 aromatic carbocycles. The monoisotopic (exact) mass is 248 g/mol. The lowest BCUT2D eigenvalue weighted by Gasteiger charge is -1.98. The van der Waals surface area contributed by atoms with Gasteiger partial charge in [0, 0.05) is 10.7 Å². The van der Waals surface area contributed by atoms with E-state index in [0.717, 1.165) is 0 Å². The van der Waals surface area contributed by atoms with Crippen LogP contribution >= 0.6 is 10.7 Å².